The minimum Gasteiger partial charge on any atom is -0.371 e. The average Bonchev–Trinajstić information content (AvgIpc) is 2.66. The molecule has 5 nitrogen and oxygen atoms in total. The number of rotatable bonds is 5. The third-order valence-corrected chi connectivity index (χ3v) is 4.70. The lowest BCUT2D eigenvalue weighted by Gasteiger charge is -2.32. The van der Waals surface area contributed by atoms with Crippen LogP contribution >= 0.6 is 0 Å². The predicted octanol–water partition coefficient (Wildman–Crippen LogP) is 3.21. The van der Waals surface area contributed by atoms with Crippen LogP contribution in [0.4, 0.5) is 5.69 Å². The van der Waals surface area contributed by atoms with Crippen molar-refractivity contribution in [2.24, 2.45) is 5.92 Å². The molecule has 1 atom stereocenters. The molecule has 0 spiro atoms. The number of nitrogens with zero attached hydrogens (tertiary/aromatic N) is 3. The number of aromatic nitrogens is 2. The average molecular weight is 338 g/mol. The van der Waals surface area contributed by atoms with Gasteiger partial charge in [-0.2, -0.15) is 0 Å². The lowest BCUT2D eigenvalue weighted by molar-refractivity contribution is 0.0950. The van der Waals surface area contributed by atoms with Crippen molar-refractivity contribution in [3.05, 3.63) is 53.6 Å². The minimum absolute atomic E-state index is 0.142. The fraction of sp³-hybridized carbons (Fsp3) is 0.450. The Bertz CT molecular complexity index is 697. The molecule has 1 aromatic heterocycles. The van der Waals surface area contributed by atoms with Crippen LogP contribution in [0.3, 0.4) is 0 Å². The Morgan fingerprint density at radius 2 is 1.96 bits per heavy atom. The summed E-state index contributed by atoms with van der Waals surface area (Å²) in [6.07, 6.45) is 6.52. The molecule has 5 heteroatoms. The molecule has 1 aliphatic rings. The maximum absolute atomic E-state index is 12.2. The maximum Gasteiger partial charge on any atom is 0.254 e. The van der Waals surface area contributed by atoms with Crippen LogP contribution in [0.15, 0.2) is 36.7 Å². The monoisotopic (exact) mass is 338 g/mol. The summed E-state index contributed by atoms with van der Waals surface area (Å²) in [7, 11) is 0. The van der Waals surface area contributed by atoms with Crippen LogP contribution in [0, 0.1) is 5.92 Å². The second-order valence-electron chi connectivity index (χ2n) is 6.78. The zero-order chi connectivity index (χ0) is 17.6. The zero-order valence-corrected chi connectivity index (χ0v) is 15.0. The molecule has 0 aliphatic carbocycles. The number of carbonyl (C=O) groups is 1. The summed E-state index contributed by atoms with van der Waals surface area (Å²) in [5.74, 6) is 1.37. The van der Waals surface area contributed by atoms with Crippen molar-refractivity contribution in [1.82, 2.24) is 15.3 Å². The van der Waals surface area contributed by atoms with E-state index in [9.17, 15) is 4.79 Å². The Morgan fingerprint density at radius 1 is 1.24 bits per heavy atom. The molecule has 1 aliphatic heterocycles. The fourth-order valence-electron chi connectivity index (χ4n) is 3.19. The van der Waals surface area contributed by atoms with Crippen molar-refractivity contribution in [3.63, 3.8) is 0 Å². The highest BCUT2D eigenvalue weighted by Crippen LogP contribution is 2.23. The molecule has 1 fully saturated rings. The molecule has 132 valence electrons. The molecule has 0 bridgehead atoms. The molecule has 2 aromatic rings. The molecular weight excluding hydrogens is 312 g/mol. The Labute approximate surface area is 149 Å². The van der Waals surface area contributed by atoms with Gasteiger partial charge in [-0.15, -0.1) is 0 Å². The van der Waals surface area contributed by atoms with E-state index in [2.05, 4.69) is 51.4 Å². The largest absolute Gasteiger partial charge is 0.371 e. The summed E-state index contributed by atoms with van der Waals surface area (Å²) in [6.45, 7) is 7.07. The van der Waals surface area contributed by atoms with Gasteiger partial charge in [-0.05, 0) is 36.5 Å². The van der Waals surface area contributed by atoms with Gasteiger partial charge >= 0.3 is 0 Å². The molecule has 1 amide bonds. The molecule has 0 unspecified atom stereocenters. The third-order valence-electron chi connectivity index (χ3n) is 4.70. The topological polar surface area (TPSA) is 58.1 Å². The number of anilines is 1. The maximum atomic E-state index is 12.2. The van der Waals surface area contributed by atoms with E-state index in [0.29, 0.717) is 12.1 Å². The normalized spacial score (nSPS) is 17.4. The summed E-state index contributed by atoms with van der Waals surface area (Å²) in [5.41, 5.74) is 2.86. The standard InChI is InChI=1S/C20H26N4O/c1-3-19-21-12-17(13-22-19)20(25)23-11-16-6-8-18(9-7-16)24-10-4-5-15(2)14-24/h6-9,12-13,15H,3-5,10-11,14H2,1-2H3,(H,23,25)/t15-/m0/s1. The van der Waals surface area contributed by atoms with Crippen LogP contribution in [0.25, 0.3) is 0 Å². The highest BCUT2D eigenvalue weighted by molar-refractivity contribution is 5.93. The molecule has 1 N–H and O–H groups in total. The third kappa shape index (κ3) is 4.56. The smallest absolute Gasteiger partial charge is 0.254 e. The first-order chi connectivity index (χ1) is 12.2. The molecule has 25 heavy (non-hydrogen) atoms. The van der Waals surface area contributed by atoms with Crippen molar-refractivity contribution in [1.29, 1.82) is 0 Å². The summed E-state index contributed by atoms with van der Waals surface area (Å²) < 4.78 is 0. The molecule has 0 radical (unpaired) electrons. The van der Waals surface area contributed by atoms with Crippen LogP contribution in [0.1, 0.15) is 48.4 Å². The van der Waals surface area contributed by atoms with Gasteiger partial charge in [0.2, 0.25) is 0 Å². The minimum atomic E-state index is -0.142. The Kier molecular flexibility index (Phi) is 5.64. The molecular formula is C20H26N4O. The highest BCUT2D eigenvalue weighted by atomic mass is 16.1. The van der Waals surface area contributed by atoms with E-state index < -0.39 is 0 Å². The van der Waals surface area contributed by atoms with Crippen molar-refractivity contribution >= 4 is 11.6 Å². The van der Waals surface area contributed by atoms with Crippen LogP contribution < -0.4 is 10.2 Å². The predicted molar refractivity (Wildman–Crippen MR) is 99.6 cm³/mol. The first-order valence-corrected chi connectivity index (χ1v) is 9.08. The van der Waals surface area contributed by atoms with Crippen molar-refractivity contribution in [3.8, 4) is 0 Å². The SMILES string of the molecule is CCc1ncc(C(=O)NCc2ccc(N3CCC[C@H](C)C3)cc2)cn1. The van der Waals surface area contributed by atoms with Crippen LogP contribution in [0.5, 0.6) is 0 Å². The van der Waals surface area contributed by atoms with Crippen LogP contribution in [0.2, 0.25) is 0 Å². The van der Waals surface area contributed by atoms with Crippen molar-refractivity contribution in [2.45, 2.75) is 39.7 Å². The summed E-state index contributed by atoms with van der Waals surface area (Å²) in [5, 5.41) is 2.93. The Balaban J connectivity index is 1.55. The molecule has 1 aromatic carbocycles. The van der Waals surface area contributed by atoms with Gasteiger partial charge in [-0.25, -0.2) is 9.97 Å². The lowest BCUT2D eigenvalue weighted by atomic mass is 9.99. The van der Waals surface area contributed by atoms with Gasteiger partial charge < -0.3 is 10.2 Å². The molecule has 2 heterocycles. The number of benzene rings is 1. The fourth-order valence-corrected chi connectivity index (χ4v) is 3.19. The van der Waals surface area contributed by atoms with Gasteiger partial charge in [0, 0.05) is 44.1 Å². The quantitative estimate of drug-likeness (QED) is 0.909. The van der Waals surface area contributed by atoms with E-state index in [1.807, 2.05) is 6.92 Å². The van der Waals surface area contributed by atoms with Crippen LogP contribution in [-0.2, 0) is 13.0 Å². The van der Waals surface area contributed by atoms with Crippen LogP contribution in [-0.4, -0.2) is 29.0 Å². The van der Waals surface area contributed by atoms with E-state index in [4.69, 9.17) is 0 Å². The molecule has 3 rings (SSSR count). The number of carbonyl (C=O) groups excluding carboxylic acids is 1. The number of amides is 1. The number of nitrogens with one attached hydrogen (secondary N) is 1. The summed E-state index contributed by atoms with van der Waals surface area (Å²) in [4.78, 5) is 22.9. The number of piperidine rings is 1. The van der Waals surface area contributed by atoms with Crippen molar-refractivity contribution < 1.29 is 4.79 Å². The van der Waals surface area contributed by atoms with Gasteiger partial charge in [0.25, 0.3) is 5.91 Å². The first kappa shape index (κ1) is 17.4. The van der Waals surface area contributed by atoms with Gasteiger partial charge in [0.15, 0.2) is 0 Å². The van der Waals surface area contributed by atoms with E-state index in [-0.39, 0.29) is 5.91 Å². The van der Waals surface area contributed by atoms with E-state index in [1.165, 1.54) is 18.5 Å². The second-order valence-corrected chi connectivity index (χ2v) is 6.78. The van der Waals surface area contributed by atoms with Gasteiger partial charge in [-0.1, -0.05) is 26.0 Å². The van der Waals surface area contributed by atoms with Crippen molar-refractivity contribution in [2.75, 3.05) is 18.0 Å². The summed E-state index contributed by atoms with van der Waals surface area (Å²) >= 11 is 0. The Morgan fingerprint density at radius 3 is 2.60 bits per heavy atom. The van der Waals surface area contributed by atoms with E-state index >= 15 is 0 Å². The molecule has 1 saturated heterocycles. The molecule has 0 saturated carbocycles. The van der Waals surface area contributed by atoms with Gasteiger partial charge in [-0.3, -0.25) is 4.79 Å². The lowest BCUT2D eigenvalue weighted by Crippen LogP contribution is -2.34. The number of hydrogen-bond donors (Lipinski definition) is 1. The van der Waals surface area contributed by atoms with E-state index in [0.717, 1.165) is 36.8 Å². The van der Waals surface area contributed by atoms with Gasteiger partial charge in [0.05, 0.1) is 5.56 Å². The Hall–Kier alpha value is -2.43. The first-order valence-electron chi connectivity index (χ1n) is 9.08. The number of aryl methyl sites for hydroxylation is 1. The second kappa shape index (κ2) is 8.10. The van der Waals surface area contributed by atoms with Gasteiger partial charge in [0.1, 0.15) is 5.82 Å². The van der Waals surface area contributed by atoms with E-state index in [1.54, 1.807) is 12.4 Å². The number of hydrogen-bond acceptors (Lipinski definition) is 4. The zero-order valence-electron chi connectivity index (χ0n) is 15.0. The highest BCUT2D eigenvalue weighted by Gasteiger charge is 2.16. The summed E-state index contributed by atoms with van der Waals surface area (Å²) in [6, 6.07) is 8.48.